The van der Waals surface area contributed by atoms with E-state index in [1.165, 1.54) is 11.3 Å². The van der Waals surface area contributed by atoms with Crippen LogP contribution in [0.5, 0.6) is 0 Å². The molecule has 2 aliphatic heterocycles. The van der Waals surface area contributed by atoms with Crippen molar-refractivity contribution in [2.24, 2.45) is 0 Å². The normalized spacial score (nSPS) is 22.7. The van der Waals surface area contributed by atoms with Crippen LogP contribution in [0.15, 0.2) is 29.4 Å². The van der Waals surface area contributed by atoms with E-state index in [2.05, 4.69) is 20.3 Å². The molecule has 1 atom stereocenters. The molecule has 132 valence electrons. The Labute approximate surface area is 150 Å². The van der Waals surface area contributed by atoms with Crippen LogP contribution in [0.4, 0.5) is 5.95 Å². The average molecular weight is 359 g/mol. The van der Waals surface area contributed by atoms with Crippen LogP contribution in [-0.4, -0.2) is 57.1 Å². The quantitative estimate of drug-likeness (QED) is 0.905. The molecule has 7 nitrogen and oxygen atoms in total. The molecule has 2 aliphatic rings. The lowest BCUT2D eigenvalue weighted by molar-refractivity contribution is -0.110. The number of nitrogens with zero attached hydrogens (tertiary/aromatic N) is 4. The Hall–Kier alpha value is -2.06. The van der Waals surface area contributed by atoms with E-state index in [-0.39, 0.29) is 11.5 Å². The fraction of sp³-hybridized carbons (Fsp3) is 0.529. The number of nitrogens with one attached hydrogen (secondary N) is 1. The third kappa shape index (κ3) is 3.64. The van der Waals surface area contributed by atoms with Crippen molar-refractivity contribution in [3.05, 3.63) is 35.0 Å². The van der Waals surface area contributed by atoms with Gasteiger partial charge >= 0.3 is 0 Å². The van der Waals surface area contributed by atoms with E-state index >= 15 is 0 Å². The Morgan fingerprint density at radius 2 is 2.08 bits per heavy atom. The fourth-order valence-corrected chi connectivity index (χ4v) is 4.18. The van der Waals surface area contributed by atoms with Gasteiger partial charge in [0, 0.05) is 43.5 Å². The Bertz CT molecular complexity index is 701. The maximum atomic E-state index is 12.4. The summed E-state index contributed by atoms with van der Waals surface area (Å²) in [4.78, 5) is 27.0. The summed E-state index contributed by atoms with van der Waals surface area (Å²) >= 11 is 1.45. The highest BCUT2D eigenvalue weighted by Gasteiger charge is 2.41. The zero-order chi connectivity index (χ0) is 17.1. The molecule has 2 aromatic heterocycles. The van der Waals surface area contributed by atoms with E-state index in [4.69, 9.17) is 4.74 Å². The number of carbonyl (C=O) groups excluding carboxylic acids is 1. The Morgan fingerprint density at radius 1 is 1.28 bits per heavy atom. The minimum absolute atomic E-state index is 0.0271. The number of rotatable bonds is 3. The van der Waals surface area contributed by atoms with Gasteiger partial charge in [0.2, 0.25) is 5.95 Å². The average Bonchev–Trinajstić information content (AvgIpc) is 3.18. The van der Waals surface area contributed by atoms with E-state index in [9.17, 15) is 4.79 Å². The first-order valence-corrected chi connectivity index (χ1v) is 9.53. The molecule has 1 spiro atoms. The standard InChI is InChI=1S/C17H21N5O2S/c23-15(14-11-25-12-20-14)22-7-3-17(4-8-22)10-13(2-9-24-17)21-16-18-5-1-6-19-16/h1,5-6,11-13H,2-4,7-10H2,(H,18,19,21). The summed E-state index contributed by atoms with van der Waals surface area (Å²) in [5.41, 5.74) is 2.10. The number of carbonyl (C=O) groups is 1. The highest BCUT2D eigenvalue weighted by molar-refractivity contribution is 7.07. The first kappa shape index (κ1) is 16.4. The lowest BCUT2D eigenvalue weighted by Gasteiger charge is -2.46. The van der Waals surface area contributed by atoms with E-state index in [0.717, 1.165) is 32.3 Å². The van der Waals surface area contributed by atoms with Crippen molar-refractivity contribution in [3.8, 4) is 0 Å². The Kier molecular flexibility index (Phi) is 4.63. The van der Waals surface area contributed by atoms with Gasteiger partial charge in [-0.1, -0.05) is 0 Å². The number of likely N-dealkylation sites (tertiary alicyclic amines) is 1. The molecule has 0 aliphatic carbocycles. The van der Waals surface area contributed by atoms with Crippen LogP contribution >= 0.6 is 11.3 Å². The third-order valence-electron chi connectivity index (χ3n) is 5.01. The van der Waals surface area contributed by atoms with Crippen LogP contribution in [0.1, 0.15) is 36.2 Å². The number of hydrogen-bond acceptors (Lipinski definition) is 7. The molecule has 4 rings (SSSR count). The molecule has 1 N–H and O–H groups in total. The van der Waals surface area contributed by atoms with Crippen molar-refractivity contribution in [2.45, 2.75) is 37.3 Å². The van der Waals surface area contributed by atoms with E-state index in [1.54, 1.807) is 17.9 Å². The third-order valence-corrected chi connectivity index (χ3v) is 5.59. The molecule has 0 bridgehead atoms. The molecule has 1 unspecified atom stereocenters. The second kappa shape index (κ2) is 7.05. The highest BCUT2D eigenvalue weighted by Crippen LogP contribution is 2.36. The maximum absolute atomic E-state index is 12.4. The number of aromatic nitrogens is 3. The van der Waals surface area contributed by atoms with Gasteiger partial charge in [-0.2, -0.15) is 0 Å². The zero-order valence-corrected chi connectivity index (χ0v) is 14.7. The van der Waals surface area contributed by atoms with Gasteiger partial charge in [0.15, 0.2) is 0 Å². The molecule has 8 heteroatoms. The van der Waals surface area contributed by atoms with E-state index in [0.29, 0.717) is 30.8 Å². The van der Waals surface area contributed by atoms with Crippen LogP contribution in [-0.2, 0) is 4.74 Å². The van der Waals surface area contributed by atoms with Gasteiger partial charge in [0.1, 0.15) is 5.69 Å². The van der Waals surface area contributed by atoms with Crippen molar-refractivity contribution in [2.75, 3.05) is 25.0 Å². The molecular formula is C17H21N5O2S. The SMILES string of the molecule is O=C(c1cscn1)N1CCC2(CC1)CC(Nc1ncccn1)CCO2. The second-order valence-corrected chi connectivity index (χ2v) is 7.32. The van der Waals surface area contributed by atoms with Gasteiger partial charge < -0.3 is 15.0 Å². The summed E-state index contributed by atoms with van der Waals surface area (Å²) < 4.78 is 6.16. The van der Waals surface area contributed by atoms with Crippen LogP contribution in [0.25, 0.3) is 0 Å². The lowest BCUT2D eigenvalue weighted by atomic mass is 9.82. The van der Waals surface area contributed by atoms with Crippen LogP contribution in [0, 0.1) is 0 Å². The summed E-state index contributed by atoms with van der Waals surface area (Å²) in [6.07, 6.45) is 7.07. The smallest absolute Gasteiger partial charge is 0.273 e. The van der Waals surface area contributed by atoms with Crippen LogP contribution in [0.3, 0.4) is 0 Å². The minimum Gasteiger partial charge on any atom is -0.375 e. The molecule has 0 radical (unpaired) electrons. The largest absolute Gasteiger partial charge is 0.375 e. The van der Waals surface area contributed by atoms with E-state index in [1.807, 2.05) is 16.3 Å². The van der Waals surface area contributed by atoms with Gasteiger partial charge in [-0.05, 0) is 31.7 Å². The number of hydrogen-bond donors (Lipinski definition) is 1. The highest BCUT2D eigenvalue weighted by atomic mass is 32.1. The summed E-state index contributed by atoms with van der Waals surface area (Å²) in [5.74, 6) is 0.694. The summed E-state index contributed by atoms with van der Waals surface area (Å²) in [6.45, 7) is 2.15. The van der Waals surface area contributed by atoms with Gasteiger partial charge in [-0.3, -0.25) is 4.79 Å². The summed E-state index contributed by atoms with van der Waals surface area (Å²) in [6, 6.07) is 2.11. The molecule has 0 saturated carbocycles. The molecule has 25 heavy (non-hydrogen) atoms. The molecule has 2 aromatic rings. The van der Waals surface area contributed by atoms with Crippen molar-refractivity contribution in [1.29, 1.82) is 0 Å². The first-order chi connectivity index (χ1) is 12.2. The molecule has 1 amide bonds. The van der Waals surface area contributed by atoms with Gasteiger partial charge in [0.25, 0.3) is 5.91 Å². The molecular weight excluding hydrogens is 338 g/mol. The number of ether oxygens (including phenoxy) is 1. The second-order valence-electron chi connectivity index (χ2n) is 6.60. The number of amides is 1. The minimum atomic E-state index is -0.149. The monoisotopic (exact) mass is 359 g/mol. The number of thiazole rings is 1. The fourth-order valence-electron chi connectivity index (χ4n) is 3.65. The Morgan fingerprint density at radius 3 is 2.80 bits per heavy atom. The van der Waals surface area contributed by atoms with Crippen LogP contribution in [0.2, 0.25) is 0 Å². The molecule has 4 heterocycles. The number of piperidine rings is 1. The zero-order valence-electron chi connectivity index (χ0n) is 13.9. The summed E-state index contributed by atoms with van der Waals surface area (Å²) in [7, 11) is 0. The Balaban J connectivity index is 1.36. The summed E-state index contributed by atoms with van der Waals surface area (Å²) in [5, 5.41) is 5.23. The van der Waals surface area contributed by atoms with Crippen molar-refractivity contribution < 1.29 is 9.53 Å². The topological polar surface area (TPSA) is 80.2 Å². The predicted octanol–water partition coefficient (Wildman–Crippen LogP) is 2.20. The van der Waals surface area contributed by atoms with Gasteiger partial charge in [-0.25, -0.2) is 15.0 Å². The molecule has 2 saturated heterocycles. The van der Waals surface area contributed by atoms with Crippen LogP contribution < -0.4 is 5.32 Å². The molecule has 2 fully saturated rings. The van der Waals surface area contributed by atoms with Gasteiger partial charge in [-0.15, -0.1) is 11.3 Å². The van der Waals surface area contributed by atoms with Crippen molar-refractivity contribution in [1.82, 2.24) is 19.9 Å². The predicted molar refractivity (Wildman–Crippen MR) is 94.6 cm³/mol. The van der Waals surface area contributed by atoms with E-state index < -0.39 is 0 Å². The lowest BCUT2D eigenvalue weighted by Crippen LogP contribution is -2.52. The van der Waals surface area contributed by atoms with Crippen molar-refractivity contribution in [3.63, 3.8) is 0 Å². The first-order valence-electron chi connectivity index (χ1n) is 8.59. The van der Waals surface area contributed by atoms with Gasteiger partial charge in [0.05, 0.1) is 11.1 Å². The molecule has 0 aromatic carbocycles. The van der Waals surface area contributed by atoms with Crippen molar-refractivity contribution >= 4 is 23.2 Å². The number of anilines is 1. The maximum Gasteiger partial charge on any atom is 0.273 e.